The van der Waals surface area contributed by atoms with E-state index < -0.39 is 0 Å². The summed E-state index contributed by atoms with van der Waals surface area (Å²) in [6.07, 6.45) is 2.55. The van der Waals surface area contributed by atoms with Gasteiger partial charge in [0.2, 0.25) is 0 Å². The van der Waals surface area contributed by atoms with E-state index in [-0.39, 0.29) is 0 Å². The van der Waals surface area contributed by atoms with Gasteiger partial charge in [0.05, 0.1) is 0 Å². The summed E-state index contributed by atoms with van der Waals surface area (Å²) in [5.74, 6) is 0. The molecule has 0 spiro atoms. The van der Waals surface area contributed by atoms with Crippen LogP contribution in [0.4, 0.5) is 0 Å². The number of rotatable bonds is 7. The van der Waals surface area contributed by atoms with Crippen molar-refractivity contribution in [1.29, 1.82) is 0 Å². The van der Waals surface area contributed by atoms with Crippen LogP contribution in [-0.2, 0) is 0 Å². The summed E-state index contributed by atoms with van der Waals surface area (Å²) in [5, 5.41) is 0. The van der Waals surface area contributed by atoms with Crippen molar-refractivity contribution < 1.29 is 0 Å². The van der Waals surface area contributed by atoms with Gasteiger partial charge in [0.15, 0.2) is 0 Å². The monoisotopic (exact) mass is 186 g/mol. The standard InChI is InChI=1S/C11H26N2/c1-6-8-13(11(2)3)10-7-9-12(4)5/h11H,6-10H2,1-5H3. The van der Waals surface area contributed by atoms with E-state index in [1.165, 1.54) is 32.5 Å². The van der Waals surface area contributed by atoms with Crippen LogP contribution in [0.5, 0.6) is 0 Å². The molecule has 0 fully saturated rings. The lowest BCUT2D eigenvalue weighted by Gasteiger charge is -2.26. The van der Waals surface area contributed by atoms with E-state index in [1.54, 1.807) is 0 Å². The molecule has 0 amide bonds. The van der Waals surface area contributed by atoms with Gasteiger partial charge in [-0.15, -0.1) is 0 Å². The Kier molecular flexibility index (Phi) is 7.29. The zero-order valence-corrected chi connectivity index (χ0v) is 10.0. The lowest BCUT2D eigenvalue weighted by molar-refractivity contribution is 0.210. The SMILES string of the molecule is CCCN(CCCN(C)C)C(C)C. The van der Waals surface area contributed by atoms with Crippen molar-refractivity contribution in [3.63, 3.8) is 0 Å². The maximum Gasteiger partial charge on any atom is 0.00385 e. The molecule has 0 N–H and O–H groups in total. The smallest absolute Gasteiger partial charge is 0.00385 e. The molecule has 2 heteroatoms. The van der Waals surface area contributed by atoms with Crippen LogP contribution in [0.2, 0.25) is 0 Å². The zero-order chi connectivity index (χ0) is 10.3. The largest absolute Gasteiger partial charge is 0.309 e. The van der Waals surface area contributed by atoms with E-state index in [2.05, 4.69) is 44.7 Å². The summed E-state index contributed by atoms with van der Waals surface area (Å²) in [5.41, 5.74) is 0. The second kappa shape index (κ2) is 7.34. The van der Waals surface area contributed by atoms with Gasteiger partial charge < -0.3 is 9.80 Å². The molecule has 0 aliphatic rings. The molecule has 0 aliphatic heterocycles. The zero-order valence-electron chi connectivity index (χ0n) is 10.0. The Hall–Kier alpha value is -0.0800. The minimum atomic E-state index is 0.696. The van der Waals surface area contributed by atoms with Crippen molar-refractivity contribution in [3.05, 3.63) is 0 Å². The molecule has 0 radical (unpaired) electrons. The van der Waals surface area contributed by atoms with Crippen LogP contribution in [-0.4, -0.2) is 49.6 Å². The fraction of sp³-hybridized carbons (Fsp3) is 1.00. The van der Waals surface area contributed by atoms with Gasteiger partial charge in [-0.05, 0) is 60.4 Å². The molecule has 0 aliphatic carbocycles. The van der Waals surface area contributed by atoms with Gasteiger partial charge in [0.1, 0.15) is 0 Å². The first-order valence-electron chi connectivity index (χ1n) is 5.46. The second-order valence-electron chi connectivity index (χ2n) is 4.29. The molecule has 0 unspecified atom stereocenters. The Morgan fingerprint density at radius 1 is 1.00 bits per heavy atom. The van der Waals surface area contributed by atoms with Crippen LogP contribution in [0.15, 0.2) is 0 Å². The van der Waals surface area contributed by atoms with Crippen molar-refractivity contribution in [1.82, 2.24) is 9.80 Å². The first-order chi connectivity index (χ1) is 6.07. The van der Waals surface area contributed by atoms with Crippen LogP contribution < -0.4 is 0 Å². The third-order valence-corrected chi connectivity index (χ3v) is 2.29. The van der Waals surface area contributed by atoms with Crippen molar-refractivity contribution in [2.75, 3.05) is 33.7 Å². The average molecular weight is 186 g/mol. The van der Waals surface area contributed by atoms with Gasteiger partial charge in [0.25, 0.3) is 0 Å². The van der Waals surface area contributed by atoms with Gasteiger partial charge in [-0.1, -0.05) is 6.92 Å². The van der Waals surface area contributed by atoms with Gasteiger partial charge in [-0.2, -0.15) is 0 Å². The second-order valence-corrected chi connectivity index (χ2v) is 4.29. The Morgan fingerprint density at radius 2 is 1.62 bits per heavy atom. The predicted molar refractivity (Wildman–Crippen MR) is 60.2 cm³/mol. The molecule has 0 bridgehead atoms. The van der Waals surface area contributed by atoms with Crippen LogP contribution in [0, 0.1) is 0 Å². The molecule has 0 aromatic heterocycles. The maximum absolute atomic E-state index is 2.56. The summed E-state index contributed by atoms with van der Waals surface area (Å²) in [4.78, 5) is 4.81. The van der Waals surface area contributed by atoms with Gasteiger partial charge in [0, 0.05) is 6.04 Å². The first-order valence-corrected chi connectivity index (χ1v) is 5.46. The van der Waals surface area contributed by atoms with Gasteiger partial charge >= 0.3 is 0 Å². The van der Waals surface area contributed by atoms with Crippen molar-refractivity contribution in [2.45, 2.75) is 39.7 Å². The van der Waals surface area contributed by atoms with Crippen LogP contribution in [0.1, 0.15) is 33.6 Å². The first kappa shape index (κ1) is 12.9. The molecule has 80 valence electrons. The molecule has 0 heterocycles. The Labute approximate surface area is 83.9 Å². The van der Waals surface area contributed by atoms with Crippen LogP contribution in [0.25, 0.3) is 0 Å². The molecule has 0 rings (SSSR count). The third-order valence-electron chi connectivity index (χ3n) is 2.29. The van der Waals surface area contributed by atoms with Crippen molar-refractivity contribution >= 4 is 0 Å². The highest BCUT2D eigenvalue weighted by molar-refractivity contribution is 4.62. The quantitative estimate of drug-likeness (QED) is 0.600. The van der Waals surface area contributed by atoms with Gasteiger partial charge in [-0.25, -0.2) is 0 Å². The molecule has 0 aromatic rings. The Morgan fingerprint density at radius 3 is 2.00 bits per heavy atom. The van der Waals surface area contributed by atoms with Crippen molar-refractivity contribution in [2.24, 2.45) is 0 Å². The molecular formula is C11H26N2. The van der Waals surface area contributed by atoms with E-state index in [9.17, 15) is 0 Å². The maximum atomic E-state index is 2.56. The molecule has 0 saturated heterocycles. The lowest BCUT2D eigenvalue weighted by atomic mass is 10.2. The third kappa shape index (κ3) is 7.03. The molecule has 2 nitrogen and oxygen atoms in total. The minimum absolute atomic E-state index is 0.696. The Bertz CT molecular complexity index is 111. The summed E-state index contributed by atoms with van der Waals surface area (Å²) in [6, 6.07) is 0.696. The topological polar surface area (TPSA) is 6.48 Å². The number of hydrogen-bond donors (Lipinski definition) is 0. The summed E-state index contributed by atoms with van der Waals surface area (Å²) < 4.78 is 0. The van der Waals surface area contributed by atoms with E-state index in [1.807, 2.05) is 0 Å². The van der Waals surface area contributed by atoms with E-state index in [0.29, 0.717) is 6.04 Å². The fourth-order valence-electron chi connectivity index (χ4n) is 1.51. The van der Waals surface area contributed by atoms with Gasteiger partial charge in [-0.3, -0.25) is 0 Å². The number of nitrogens with zero attached hydrogens (tertiary/aromatic N) is 2. The highest BCUT2D eigenvalue weighted by Crippen LogP contribution is 2.01. The van der Waals surface area contributed by atoms with E-state index in [0.717, 1.165) is 0 Å². The average Bonchev–Trinajstić information content (AvgIpc) is 2.02. The van der Waals surface area contributed by atoms with E-state index in [4.69, 9.17) is 0 Å². The van der Waals surface area contributed by atoms with Crippen LogP contribution in [0.3, 0.4) is 0 Å². The molecule has 0 atom stereocenters. The molecular weight excluding hydrogens is 160 g/mol. The molecule has 0 saturated carbocycles. The summed E-state index contributed by atoms with van der Waals surface area (Å²) in [7, 11) is 4.28. The minimum Gasteiger partial charge on any atom is -0.309 e. The van der Waals surface area contributed by atoms with E-state index >= 15 is 0 Å². The highest BCUT2D eigenvalue weighted by atomic mass is 15.1. The Balaban J connectivity index is 3.57. The van der Waals surface area contributed by atoms with Crippen molar-refractivity contribution in [3.8, 4) is 0 Å². The normalized spacial score (nSPS) is 12.0. The summed E-state index contributed by atoms with van der Waals surface area (Å²) >= 11 is 0. The van der Waals surface area contributed by atoms with Crippen LogP contribution >= 0.6 is 0 Å². The summed E-state index contributed by atoms with van der Waals surface area (Å²) in [6.45, 7) is 10.5. The lowest BCUT2D eigenvalue weighted by Crippen LogP contribution is -2.33. The predicted octanol–water partition coefficient (Wildman–Crippen LogP) is 2.06. The molecule has 13 heavy (non-hydrogen) atoms. The highest BCUT2D eigenvalue weighted by Gasteiger charge is 2.06. The number of hydrogen-bond acceptors (Lipinski definition) is 2. The molecule has 0 aromatic carbocycles. The fourth-order valence-corrected chi connectivity index (χ4v) is 1.51.